The van der Waals surface area contributed by atoms with Gasteiger partial charge in [-0.1, -0.05) is 12.1 Å². The third-order valence-corrected chi connectivity index (χ3v) is 4.52. The number of nitrogens with zero attached hydrogens (tertiary/aromatic N) is 2. The van der Waals surface area contributed by atoms with E-state index in [2.05, 4.69) is 0 Å². The molecule has 1 aliphatic heterocycles. The Morgan fingerprint density at radius 2 is 1.52 bits per heavy atom. The van der Waals surface area contributed by atoms with Crippen molar-refractivity contribution in [3.63, 3.8) is 0 Å². The quantitative estimate of drug-likeness (QED) is 0.434. The Balaban J connectivity index is 1.46. The van der Waals surface area contributed by atoms with Gasteiger partial charge in [-0.2, -0.15) is 0 Å². The standard InChI is InChI=1S/C20H20N2O4S/c1-21(2)20(27)26-15-10-8-14(9-11-15)25-13-5-12-22-18(23)16-6-3-4-7-17(16)19(22)24/h3-4,6-11H,5,12-13H2,1-2H3. The summed E-state index contributed by atoms with van der Waals surface area (Å²) >= 11 is 5.09. The molecule has 0 fully saturated rings. The molecule has 1 heterocycles. The van der Waals surface area contributed by atoms with Crippen molar-refractivity contribution in [2.45, 2.75) is 6.42 Å². The van der Waals surface area contributed by atoms with Gasteiger partial charge in [0.25, 0.3) is 17.0 Å². The first-order chi connectivity index (χ1) is 13.0. The Hall–Kier alpha value is -2.93. The zero-order valence-electron chi connectivity index (χ0n) is 15.2. The van der Waals surface area contributed by atoms with Crippen molar-refractivity contribution < 1.29 is 19.1 Å². The van der Waals surface area contributed by atoms with Crippen molar-refractivity contribution >= 4 is 29.2 Å². The number of amides is 2. The molecule has 7 heteroatoms. The monoisotopic (exact) mass is 384 g/mol. The Labute approximate surface area is 163 Å². The molecule has 0 unspecified atom stereocenters. The maximum absolute atomic E-state index is 12.3. The fourth-order valence-electron chi connectivity index (χ4n) is 2.65. The lowest BCUT2D eigenvalue weighted by molar-refractivity contribution is 0.0646. The van der Waals surface area contributed by atoms with Gasteiger partial charge in [-0.15, -0.1) is 0 Å². The fourth-order valence-corrected chi connectivity index (χ4v) is 2.75. The zero-order valence-corrected chi connectivity index (χ0v) is 16.0. The molecule has 0 saturated carbocycles. The van der Waals surface area contributed by atoms with E-state index in [1.807, 2.05) is 14.1 Å². The highest BCUT2D eigenvalue weighted by atomic mass is 32.1. The van der Waals surface area contributed by atoms with Crippen molar-refractivity contribution in [3.05, 3.63) is 59.7 Å². The molecule has 27 heavy (non-hydrogen) atoms. The summed E-state index contributed by atoms with van der Waals surface area (Å²) in [6.45, 7) is 0.717. The number of ether oxygens (including phenoxy) is 2. The Bertz CT molecular complexity index is 830. The first-order valence-electron chi connectivity index (χ1n) is 8.54. The van der Waals surface area contributed by atoms with Crippen LogP contribution in [0.15, 0.2) is 48.5 Å². The topological polar surface area (TPSA) is 59.1 Å². The molecule has 2 aromatic rings. The molecular weight excluding hydrogens is 364 g/mol. The lowest BCUT2D eigenvalue weighted by Crippen LogP contribution is -2.31. The van der Waals surface area contributed by atoms with E-state index < -0.39 is 0 Å². The molecule has 2 aromatic carbocycles. The molecule has 2 amide bonds. The maximum atomic E-state index is 12.3. The van der Waals surface area contributed by atoms with Gasteiger partial charge >= 0.3 is 0 Å². The molecule has 0 radical (unpaired) electrons. The minimum Gasteiger partial charge on any atom is -0.494 e. The Kier molecular flexibility index (Phi) is 5.71. The molecular formula is C20H20N2O4S. The third-order valence-electron chi connectivity index (χ3n) is 4.07. The number of imide groups is 1. The summed E-state index contributed by atoms with van der Waals surface area (Å²) in [4.78, 5) is 27.5. The minimum atomic E-state index is -0.242. The van der Waals surface area contributed by atoms with Gasteiger partial charge in [0.15, 0.2) is 0 Å². The van der Waals surface area contributed by atoms with Gasteiger partial charge in [-0.25, -0.2) is 0 Å². The normalized spacial score (nSPS) is 12.7. The van der Waals surface area contributed by atoms with E-state index in [0.717, 1.165) is 0 Å². The van der Waals surface area contributed by atoms with Crippen LogP contribution in [0.25, 0.3) is 0 Å². The van der Waals surface area contributed by atoms with Crippen LogP contribution in [-0.4, -0.2) is 54.0 Å². The number of fused-ring (bicyclic) bond motifs is 1. The van der Waals surface area contributed by atoms with Crippen LogP contribution in [0.1, 0.15) is 27.1 Å². The second kappa shape index (κ2) is 8.18. The highest BCUT2D eigenvalue weighted by Crippen LogP contribution is 2.23. The summed E-state index contributed by atoms with van der Waals surface area (Å²) in [5.74, 6) is 0.829. The van der Waals surface area contributed by atoms with Crippen LogP contribution < -0.4 is 9.47 Å². The molecule has 0 aliphatic carbocycles. The van der Waals surface area contributed by atoms with E-state index in [4.69, 9.17) is 21.7 Å². The zero-order chi connectivity index (χ0) is 19.4. The van der Waals surface area contributed by atoms with Crippen LogP contribution in [0.2, 0.25) is 0 Å². The maximum Gasteiger partial charge on any atom is 0.264 e. The SMILES string of the molecule is CN(C)C(=S)Oc1ccc(OCCCN2C(=O)c3ccccc3C2=O)cc1. The molecule has 0 atom stereocenters. The van der Waals surface area contributed by atoms with Gasteiger partial charge in [0.1, 0.15) is 11.5 Å². The van der Waals surface area contributed by atoms with E-state index >= 15 is 0 Å². The molecule has 0 saturated heterocycles. The highest BCUT2D eigenvalue weighted by Gasteiger charge is 2.34. The summed E-state index contributed by atoms with van der Waals surface area (Å²) < 4.78 is 11.2. The van der Waals surface area contributed by atoms with Crippen molar-refractivity contribution in [2.75, 3.05) is 27.2 Å². The van der Waals surface area contributed by atoms with Gasteiger partial charge in [-0.3, -0.25) is 14.5 Å². The van der Waals surface area contributed by atoms with Crippen LogP contribution in [0, 0.1) is 0 Å². The van der Waals surface area contributed by atoms with Crippen LogP contribution >= 0.6 is 12.2 Å². The Morgan fingerprint density at radius 1 is 0.963 bits per heavy atom. The van der Waals surface area contributed by atoms with Crippen molar-refractivity contribution in [2.24, 2.45) is 0 Å². The predicted octanol–water partition coefficient (Wildman–Crippen LogP) is 2.98. The van der Waals surface area contributed by atoms with Crippen molar-refractivity contribution in [1.82, 2.24) is 9.80 Å². The van der Waals surface area contributed by atoms with Crippen molar-refractivity contribution in [1.29, 1.82) is 0 Å². The average Bonchev–Trinajstić information content (AvgIpc) is 2.91. The smallest absolute Gasteiger partial charge is 0.264 e. The molecule has 3 rings (SSSR count). The molecule has 0 aromatic heterocycles. The number of thiocarbonyl (C=S) groups is 1. The summed E-state index contributed by atoms with van der Waals surface area (Å²) in [6.07, 6.45) is 0.550. The van der Waals surface area contributed by atoms with Crippen LogP contribution in [0.3, 0.4) is 0 Å². The van der Waals surface area contributed by atoms with Crippen LogP contribution in [0.5, 0.6) is 11.5 Å². The molecule has 6 nitrogen and oxygen atoms in total. The van der Waals surface area contributed by atoms with Gasteiger partial charge in [-0.05, 0) is 55.0 Å². The molecule has 0 bridgehead atoms. The summed E-state index contributed by atoms with van der Waals surface area (Å²) in [5, 5.41) is 0.379. The first kappa shape index (κ1) is 18.8. The summed E-state index contributed by atoms with van der Waals surface area (Å²) in [6, 6.07) is 14.0. The van der Waals surface area contributed by atoms with E-state index in [1.165, 1.54) is 4.90 Å². The molecule has 1 aliphatic rings. The van der Waals surface area contributed by atoms with E-state index in [-0.39, 0.29) is 11.8 Å². The minimum absolute atomic E-state index is 0.242. The lowest BCUT2D eigenvalue weighted by atomic mass is 10.1. The van der Waals surface area contributed by atoms with Gasteiger partial charge in [0, 0.05) is 20.6 Å². The molecule has 0 N–H and O–H groups in total. The predicted molar refractivity (Wildman–Crippen MR) is 105 cm³/mol. The van der Waals surface area contributed by atoms with E-state index in [9.17, 15) is 9.59 Å². The lowest BCUT2D eigenvalue weighted by Gasteiger charge is -2.15. The van der Waals surface area contributed by atoms with Gasteiger partial charge < -0.3 is 14.4 Å². The second-order valence-electron chi connectivity index (χ2n) is 6.24. The fraction of sp³-hybridized carbons (Fsp3) is 0.250. The average molecular weight is 384 g/mol. The number of hydrogen-bond acceptors (Lipinski definition) is 5. The summed E-state index contributed by atoms with van der Waals surface area (Å²) in [5.41, 5.74) is 0.935. The largest absolute Gasteiger partial charge is 0.494 e. The van der Waals surface area contributed by atoms with E-state index in [1.54, 1.807) is 53.4 Å². The second-order valence-corrected chi connectivity index (χ2v) is 6.59. The highest BCUT2D eigenvalue weighted by molar-refractivity contribution is 7.80. The van der Waals surface area contributed by atoms with E-state index in [0.29, 0.717) is 47.4 Å². The summed E-state index contributed by atoms with van der Waals surface area (Å²) in [7, 11) is 3.63. The van der Waals surface area contributed by atoms with Gasteiger partial charge in [0.05, 0.1) is 17.7 Å². The third kappa shape index (κ3) is 4.25. The number of carbonyl (C=O) groups excluding carboxylic acids is 2. The van der Waals surface area contributed by atoms with Crippen LogP contribution in [0.4, 0.5) is 0 Å². The first-order valence-corrected chi connectivity index (χ1v) is 8.95. The van der Waals surface area contributed by atoms with Gasteiger partial charge in [0.2, 0.25) is 0 Å². The number of rotatable bonds is 6. The Morgan fingerprint density at radius 3 is 2.07 bits per heavy atom. The molecule has 140 valence electrons. The van der Waals surface area contributed by atoms with Crippen molar-refractivity contribution in [3.8, 4) is 11.5 Å². The number of benzene rings is 2. The molecule has 0 spiro atoms. The number of hydrogen-bond donors (Lipinski definition) is 0. The van der Waals surface area contributed by atoms with Crippen LogP contribution in [-0.2, 0) is 0 Å². The number of carbonyl (C=O) groups is 2.